The Labute approximate surface area is 108 Å². The van der Waals surface area contributed by atoms with Crippen molar-refractivity contribution < 1.29 is 9.90 Å². The predicted molar refractivity (Wildman–Crippen MR) is 72.3 cm³/mol. The number of hydrogen-bond donors (Lipinski definition) is 1. The van der Waals surface area contributed by atoms with Crippen LogP contribution in [0.1, 0.15) is 19.4 Å². The first-order valence-electron chi connectivity index (χ1n) is 5.35. The highest BCUT2D eigenvalue weighted by Crippen LogP contribution is 2.32. The van der Waals surface area contributed by atoms with Crippen molar-refractivity contribution in [2.75, 3.05) is 0 Å². The monoisotopic (exact) mass is 292 g/mol. The topological polar surface area (TPSA) is 37.3 Å². The molecule has 0 amide bonds. The second-order valence-corrected chi connectivity index (χ2v) is 5.52. The molecule has 2 rings (SSSR count). The van der Waals surface area contributed by atoms with Crippen LogP contribution in [-0.2, 0) is 10.2 Å². The van der Waals surface area contributed by atoms with E-state index in [1.165, 1.54) is 0 Å². The molecule has 0 radical (unpaired) electrons. The van der Waals surface area contributed by atoms with Crippen LogP contribution in [0.5, 0.6) is 0 Å². The number of carboxylic acids is 1. The van der Waals surface area contributed by atoms with E-state index in [2.05, 4.69) is 15.9 Å². The van der Waals surface area contributed by atoms with Crippen LogP contribution in [0.15, 0.2) is 40.9 Å². The molecule has 2 aromatic carbocycles. The summed E-state index contributed by atoms with van der Waals surface area (Å²) < 4.78 is 0.957. The Morgan fingerprint density at radius 3 is 2.59 bits per heavy atom. The first-order valence-corrected chi connectivity index (χ1v) is 6.14. The Kier molecular flexibility index (Phi) is 2.96. The Morgan fingerprint density at radius 2 is 1.94 bits per heavy atom. The van der Waals surface area contributed by atoms with Crippen LogP contribution in [-0.4, -0.2) is 11.1 Å². The van der Waals surface area contributed by atoms with E-state index in [1.807, 2.05) is 36.4 Å². The molecule has 0 fully saturated rings. The molecule has 0 aliphatic rings. The maximum atomic E-state index is 11.3. The number of fused-ring (bicyclic) bond motifs is 1. The van der Waals surface area contributed by atoms with Gasteiger partial charge in [0.15, 0.2) is 0 Å². The zero-order valence-electron chi connectivity index (χ0n) is 9.70. The molecule has 1 N–H and O–H groups in total. The lowest BCUT2D eigenvalue weighted by Gasteiger charge is -2.21. The van der Waals surface area contributed by atoms with Crippen LogP contribution >= 0.6 is 15.9 Å². The van der Waals surface area contributed by atoms with Crippen molar-refractivity contribution in [2.45, 2.75) is 19.3 Å². The quantitative estimate of drug-likeness (QED) is 0.909. The van der Waals surface area contributed by atoms with Crippen LogP contribution < -0.4 is 0 Å². The molecule has 0 spiro atoms. The summed E-state index contributed by atoms with van der Waals surface area (Å²) in [6, 6.07) is 11.7. The van der Waals surface area contributed by atoms with E-state index in [0.29, 0.717) is 0 Å². The molecule has 3 heteroatoms. The maximum Gasteiger partial charge on any atom is 0.313 e. The summed E-state index contributed by atoms with van der Waals surface area (Å²) in [7, 11) is 0. The van der Waals surface area contributed by atoms with Gasteiger partial charge >= 0.3 is 5.97 Å². The molecule has 0 unspecified atom stereocenters. The number of benzene rings is 2. The highest BCUT2D eigenvalue weighted by atomic mass is 79.9. The van der Waals surface area contributed by atoms with Gasteiger partial charge in [0.2, 0.25) is 0 Å². The van der Waals surface area contributed by atoms with Gasteiger partial charge in [-0.15, -0.1) is 0 Å². The first kappa shape index (κ1) is 12.1. The normalized spacial score (nSPS) is 11.7. The van der Waals surface area contributed by atoms with Crippen LogP contribution in [0, 0.1) is 0 Å². The number of rotatable bonds is 2. The summed E-state index contributed by atoms with van der Waals surface area (Å²) in [5.74, 6) is -0.815. The summed E-state index contributed by atoms with van der Waals surface area (Å²) in [5.41, 5.74) is -0.0517. The van der Waals surface area contributed by atoms with Crippen LogP contribution in [0.3, 0.4) is 0 Å². The second kappa shape index (κ2) is 4.15. The van der Waals surface area contributed by atoms with Crippen molar-refractivity contribution in [3.05, 3.63) is 46.4 Å². The average molecular weight is 293 g/mol. The van der Waals surface area contributed by atoms with Crippen molar-refractivity contribution in [3.63, 3.8) is 0 Å². The molecule has 0 saturated heterocycles. The summed E-state index contributed by atoms with van der Waals surface area (Å²) in [5, 5.41) is 11.3. The summed E-state index contributed by atoms with van der Waals surface area (Å²) in [6.45, 7) is 3.45. The molecule has 0 saturated carbocycles. The van der Waals surface area contributed by atoms with Crippen LogP contribution in [0.25, 0.3) is 10.8 Å². The van der Waals surface area contributed by atoms with E-state index in [4.69, 9.17) is 0 Å². The summed E-state index contributed by atoms with van der Waals surface area (Å²) >= 11 is 3.42. The minimum absolute atomic E-state index is 0.815. The van der Waals surface area contributed by atoms with Crippen LogP contribution in [0.4, 0.5) is 0 Å². The molecular formula is C14H13BrO2. The fourth-order valence-electron chi connectivity index (χ4n) is 1.91. The van der Waals surface area contributed by atoms with Gasteiger partial charge in [0.1, 0.15) is 0 Å². The Morgan fingerprint density at radius 1 is 1.24 bits per heavy atom. The molecule has 2 nitrogen and oxygen atoms in total. The average Bonchev–Trinajstić information content (AvgIpc) is 2.27. The zero-order chi connectivity index (χ0) is 12.6. The Bertz CT molecular complexity index is 588. The van der Waals surface area contributed by atoms with E-state index >= 15 is 0 Å². The SMILES string of the molecule is CC(C)(C(=O)O)c1cccc2ccc(Br)cc12. The third-order valence-electron chi connectivity index (χ3n) is 3.05. The third kappa shape index (κ3) is 2.07. The predicted octanol–water partition coefficient (Wildman–Crippen LogP) is 3.96. The Balaban J connectivity index is 2.78. The van der Waals surface area contributed by atoms with Crippen molar-refractivity contribution in [1.29, 1.82) is 0 Å². The third-order valence-corrected chi connectivity index (χ3v) is 3.55. The van der Waals surface area contributed by atoms with Crippen LogP contribution in [0.2, 0.25) is 0 Å². The van der Waals surface area contributed by atoms with E-state index in [1.54, 1.807) is 13.8 Å². The first-order chi connectivity index (χ1) is 7.93. The van der Waals surface area contributed by atoms with Gasteiger partial charge in [-0.05, 0) is 42.3 Å². The van der Waals surface area contributed by atoms with Gasteiger partial charge in [0, 0.05) is 4.47 Å². The number of carboxylic acid groups (broad SMARTS) is 1. The van der Waals surface area contributed by atoms with Gasteiger partial charge in [-0.2, -0.15) is 0 Å². The minimum atomic E-state index is -0.889. The fourth-order valence-corrected chi connectivity index (χ4v) is 2.27. The lowest BCUT2D eigenvalue weighted by molar-refractivity contribution is -0.142. The number of halogens is 1. The van der Waals surface area contributed by atoms with E-state index < -0.39 is 11.4 Å². The highest BCUT2D eigenvalue weighted by molar-refractivity contribution is 9.10. The lowest BCUT2D eigenvalue weighted by Crippen LogP contribution is -2.28. The molecule has 17 heavy (non-hydrogen) atoms. The summed E-state index contributed by atoms with van der Waals surface area (Å²) in [6.07, 6.45) is 0. The van der Waals surface area contributed by atoms with E-state index in [-0.39, 0.29) is 0 Å². The maximum absolute atomic E-state index is 11.3. The van der Waals surface area contributed by atoms with Gasteiger partial charge in [0.05, 0.1) is 5.41 Å². The van der Waals surface area contributed by atoms with E-state index in [0.717, 1.165) is 20.8 Å². The molecular weight excluding hydrogens is 280 g/mol. The number of hydrogen-bond acceptors (Lipinski definition) is 1. The van der Waals surface area contributed by atoms with Crippen molar-refractivity contribution in [1.82, 2.24) is 0 Å². The standard InChI is InChI=1S/C14H13BrO2/c1-14(2,13(16)17)12-5-3-4-9-6-7-10(15)8-11(9)12/h3-8H,1-2H3,(H,16,17). The molecule has 0 aliphatic heterocycles. The van der Waals surface area contributed by atoms with E-state index in [9.17, 15) is 9.90 Å². The number of aliphatic carboxylic acids is 1. The fraction of sp³-hybridized carbons (Fsp3) is 0.214. The number of carbonyl (C=O) groups is 1. The molecule has 0 bridgehead atoms. The second-order valence-electron chi connectivity index (χ2n) is 4.60. The van der Waals surface area contributed by atoms with Gasteiger partial charge in [-0.1, -0.05) is 40.2 Å². The lowest BCUT2D eigenvalue weighted by atomic mass is 9.82. The molecule has 2 aromatic rings. The van der Waals surface area contributed by atoms with Gasteiger partial charge in [-0.25, -0.2) is 0 Å². The van der Waals surface area contributed by atoms with Gasteiger partial charge in [0.25, 0.3) is 0 Å². The minimum Gasteiger partial charge on any atom is -0.481 e. The van der Waals surface area contributed by atoms with Crippen molar-refractivity contribution in [3.8, 4) is 0 Å². The van der Waals surface area contributed by atoms with Crippen molar-refractivity contribution in [2.24, 2.45) is 0 Å². The summed E-state index contributed by atoms with van der Waals surface area (Å²) in [4.78, 5) is 11.3. The zero-order valence-corrected chi connectivity index (χ0v) is 11.3. The molecule has 0 aromatic heterocycles. The Hall–Kier alpha value is -1.35. The molecule has 0 atom stereocenters. The van der Waals surface area contributed by atoms with Crippen molar-refractivity contribution >= 4 is 32.7 Å². The molecule has 0 aliphatic carbocycles. The van der Waals surface area contributed by atoms with Gasteiger partial charge in [-0.3, -0.25) is 4.79 Å². The smallest absolute Gasteiger partial charge is 0.313 e. The largest absolute Gasteiger partial charge is 0.481 e. The highest BCUT2D eigenvalue weighted by Gasteiger charge is 2.30. The van der Waals surface area contributed by atoms with Gasteiger partial charge < -0.3 is 5.11 Å². The molecule has 0 heterocycles. The molecule has 88 valence electrons.